The van der Waals surface area contributed by atoms with E-state index in [2.05, 4.69) is 10.4 Å². The number of aromatic nitrogens is 2. The van der Waals surface area contributed by atoms with Crippen LogP contribution in [-0.2, 0) is 11.8 Å². The number of carbonyl (C=O) groups is 1. The number of aliphatic carboxylic acids is 1. The quantitative estimate of drug-likeness (QED) is 0.610. The Kier molecular flexibility index (Phi) is 4.69. The fourth-order valence-corrected chi connectivity index (χ4v) is 1.82. The van der Waals surface area contributed by atoms with Gasteiger partial charge in [-0.3, -0.25) is 14.9 Å². The van der Waals surface area contributed by atoms with Crippen molar-refractivity contribution in [3.8, 4) is 0 Å². The monoisotopic (exact) mass is 284 g/mol. The maximum atomic E-state index is 11.2. The van der Waals surface area contributed by atoms with Crippen LogP contribution < -0.4 is 5.32 Å². The van der Waals surface area contributed by atoms with Gasteiger partial charge < -0.3 is 10.4 Å². The highest BCUT2D eigenvalue weighted by Gasteiger charge is 2.30. The Bertz CT molecular complexity index is 524. The van der Waals surface area contributed by atoms with Crippen LogP contribution >= 0.6 is 0 Å². The number of nitrogens with one attached hydrogen (secondary N) is 1. The van der Waals surface area contributed by atoms with Gasteiger partial charge in [0, 0.05) is 19.0 Å². The first-order chi connectivity index (χ1) is 9.16. The van der Waals surface area contributed by atoms with Gasteiger partial charge in [-0.05, 0) is 13.8 Å². The van der Waals surface area contributed by atoms with E-state index in [1.807, 2.05) is 13.8 Å². The Morgan fingerprint density at radius 3 is 2.35 bits per heavy atom. The van der Waals surface area contributed by atoms with Gasteiger partial charge in [0.15, 0.2) is 0 Å². The molecule has 0 aromatic carbocycles. The lowest BCUT2D eigenvalue weighted by atomic mass is 10.0. The zero-order valence-corrected chi connectivity index (χ0v) is 12.2. The standard InChI is InChI=1S/C12H20N4O4/c1-6(2)9-10(16(19)20)11(15(5)14-9)13-8(4)7(3)12(17)18/h6-8,13H,1-5H3,(H,17,18). The highest BCUT2D eigenvalue weighted by molar-refractivity contribution is 5.71. The van der Waals surface area contributed by atoms with Crippen molar-refractivity contribution in [3.63, 3.8) is 0 Å². The number of hydrogen-bond acceptors (Lipinski definition) is 5. The normalized spacial score (nSPS) is 14.1. The molecule has 0 aliphatic rings. The number of aryl methyl sites for hydroxylation is 1. The minimum absolute atomic E-state index is 0.0908. The van der Waals surface area contributed by atoms with Crippen molar-refractivity contribution in [3.05, 3.63) is 15.8 Å². The minimum Gasteiger partial charge on any atom is -0.481 e. The summed E-state index contributed by atoms with van der Waals surface area (Å²) in [4.78, 5) is 21.7. The van der Waals surface area contributed by atoms with Crippen molar-refractivity contribution < 1.29 is 14.8 Å². The number of rotatable bonds is 6. The summed E-state index contributed by atoms with van der Waals surface area (Å²) in [7, 11) is 1.60. The van der Waals surface area contributed by atoms with E-state index < -0.39 is 22.9 Å². The Labute approximate surface area is 116 Å². The molecule has 0 spiro atoms. The summed E-state index contributed by atoms with van der Waals surface area (Å²) in [6.45, 7) is 6.86. The number of carboxylic acid groups (broad SMARTS) is 1. The van der Waals surface area contributed by atoms with E-state index in [-0.39, 0.29) is 17.4 Å². The van der Waals surface area contributed by atoms with Crippen LogP contribution in [0.5, 0.6) is 0 Å². The predicted octanol–water partition coefficient (Wildman–Crippen LogP) is 1.97. The maximum Gasteiger partial charge on any atom is 0.334 e. The van der Waals surface area contributed by atoms with Crippen molar-refractivity contribution in [2.75, 3.05) is 5.32 Å². The molecule has 1 aromatic rings. The van der Waals surface area contributed by atoms with E-state index in [1.165, 1.54) is 4.68 Å². The highest BCUT2D eigenvalue weighted by Crippen LogP contribution is 2.33. The maximum absolute atomic E-state index is 11.2. The molecule has 1 aromatic heterocycles. The third-order valence-electron chi connectivity index (χ3n) is 3.28. The van der Waals surface area contributed by atoms with Gasteiger partial charge in [0.2, 0.25) is 5.82 Å². The topological polar surface area (TPSA) is 110 Å². The van der Waals surface area contributed by atoms with Gasteiger partial charge in [-0.15, -0.1) is 0 Å². The second-order valence-electron chi connectivity index (χ2n) is 5.18. The second kappa shape index (κ2) is 5.89. The van der Waals surface area contributed by atoms with E-state index in [0.717, 1.165) is 0 Å². The molecule has 8 nitrogen and oxygen atoms in total. The molecule has 8 heteroatoms. The average Bonchev–Trinajstić information content (AvgIpc) is 2.66. The van der Waals surface area contributed by atoms with Gasteiger partial charge in [-0.2, -0.15) is 5.10 Å². The third-order valence-corrected chi connectivity index (χ3v) is 3.28. The summed E-state index contributed by atoms with van der Waals surface area (Å²) in [6.07, 6.45) is 0. The van der Waals surface area contributed by atoms with E-state index in [9.17, 15) is 14.9 Å². The summed E-state index contributed by atoms with van der Waals surface area (Å²) in [5.41, 5.74) is 0.294. The molecule has 20 heavy (non-hydrogen) atoms. The number of anilines is 1. The Morgan fingerprint density at radius 1 is 1.40 bits per heavy atom. The molecule has 0 fully saturated rings. The molecule has 0 aliphatic heterocycles. The molecule has 0 aliphatic carbocycles. The molecule has 2 unspecified atom stereocenters. The molecule has 0 amide bonds. The average molecular weight is 284 g/mol. The zero-order valence-electron chi connectivity index (χ0n) is 12.2. The van der Waals surface area contributed by atoms with Gasteiger partial charge in [0.05, 0.1) is 10.8 Å². The number of nitrogens with zero attached hydrogens (tertiary/aromatic N) is 3. The summed E-state index contributed by atoms with van der Waals surface area (Å²) in [5, 5.41) is 27.3. The van der Waals surface area contributed by atoms with E-state index >= 15 is 0 Å². The predicted molar refractivity (Wildman–Crippen MR) is 73.8 cm³/mol. The summed E-state index contributed by atoms with van der Waals surface area (Å²) >= 11 is 0. The Balaban J connectivity index is 3.18. The lowest BCUT2D eigenvalue weighted by molar-refractivity contribution is -0.384. The van der Waals surface area contributed by atoms with Crippen LogP contribution in [0, 0.1) is 16.0 Å². The van der Waals surface area contributed by atoms with Gasteiger partial charge >= 0.3 is 11.7 Å². The number of carboxylic acids is 1. The molecule has 2 atom stereocenters. The van der Waals surface area contributed by atoms with Gasteiger partial charge in [-0.25, -0.2) is 4.68 Å². The fraction of sp³-hybridized carbons (Fsp3) is 0.667. The molecule has 0 saturated carbocycles. The minimum atomic E-state index is -0.959. The van der Waals surface area contributed by atoms with Crippen molar-refractivity contribution in [2.24, 2.45) is 13.0 Å². The molecule has 0 bridgehead atoms. The largest absolute Gasteiger partial charge is 0.481 e. The molecule has 1 rings (SSSR count). The van der Waals surface area contributed by atoms with Crippen LogP contribution in [0.2, 0.25) is 0 Å². The van der Waals surface area contributed by atoms with Gasteiger partial charge in [0.25, 0.3) is 0 Å². The molecular weight excluding hydrogens is 264 g/mol. The number of nitro groups is 1. The second-order valence-corrected chi connectivity index (χ2v) is 5.18. The highest BCUT2D eigenvalue weighted by atomic mass is 16.6. The molecule has 112 valence electrons. The molecular formula is C12H20N4O4. The Hall–Kier alpha value is -2.12. The van der Waals surface area contributed by atoms with Crippen LogP contribution in [0.25, 0.3) is 0 Å². The first-order valence-electron chi connectivity index (χ1n) is 6.37. The molecule has 0 saturated heterocycles. The lowest BCUT2D eigenvalue weighted by Gasteiger charge is -2.18. The fourth-order valence-electron chi connectivity index (χ4n) is 1.82. The van der Waals surface area contributed by atoms with Crippen LogP contribution in [-0.4, -0.2) is 31.8 Å². The molecule has 0 radical (unpaired) electrons. The summed E-state index contributed by atoms with van der Waals surface area (Å²) < 4.78 is 1.39. The van der Waals surface area contributed by atoms with E-state index in [0.29, 0.717) is 5.69 Å². The van der Waals surface area contributed by atoms with E-state index in [1.54, 1.807) is 20.9 Å². The third kappa shape index (κ3) is 3.06. The SMILES string of the molecule is CC(C)c1nn(C)c(NC(C)C(C)C(=O)O)c1[N+](=O)[O-]. The first kappa shape index (κ1) is 15.9. The Morgan fingerprint density at radius 2 is 1.95 bits per heavy atom. The van der Waals surface area contributed by atoms with Crippen molar-refractivity contribution >= 4 is 17.5 Å². The van der Waals surface area contributed by atoms with Gasteiger partial charge in [0.1, 0.15) is 5.69 Å². The van der Waals surface area contributed by atoms with Crippen LogP contribution in [0.4, 0.5) is 11.5 Å². The van der Waals surface area contributed by atoms with Crippen molar-refractivity contribution in [1.82, 2.24) is 9.78 Å². The summed E-state index contributed by atoms with van der Waals surface area (Å²) in [6, 6.07) is -0.457. The van der Waals surface area contributed by atoms with Crippen molar-refractivity contribution in [2.45, 2.75) is 39.7 Å². The smallest absolute Gasteiger partial charge is 0.334 e. The summed E-state index contributed by atoms with van der Waals surface area (Å²) in [5.74, 6) is -1.49. The molecule has 1 heterocycles. The van der Waals surface area contributed by atoms with Crippen LogP contribution in [0.15, 0.2) is 0 Å². The van der Waals surface area contributed by atoms with E-state index in [4.69, 9.17) is 5.11 Å². The lowest BCUT2D eigenvalue weighted by Crippen LogP contribution is -2.30. The zero-order chi connectivity index (χ0) is 15.6. The van der Waals surface area contributed by atoms with Gasteiger partial charge in [-0.1, -0.05) is 13.8 Å². The van der Waals surface area contributed by atoms with Crippen molar-refractivity contribution in [1.29, 1.82) is 0 Å². The number of hydrogen-bond donors (Lipinski definition) is 2. The van der Waals surface area contributed by atoms with Crippen LogP contribution in [0.3, 0.4) is 0 Å². The first-order valence-corrected chi connectivity index (χ1v) is 6.37. The molecule has 2 N–H and O–H groups in total. The van der Waals surface area contributed by atoms with Crippen LogP contribution in [0.1, 0.15) is 39.3 Å².